The summed E-state index contributed by atoms with van der Waals surface area (Å²) < 4.78 is 5.03. The molecule has 1 nitrogen and oxygen atoms in total. The van der Waals surface area contributed by atoms with Crippen LogP contribution in [-0.2, 0) is 0 Å². The molecule has 0 atom stereocenters. The molecular weight excluding hydrogens is 207 g/mol. The van der Waals surface area contributed by atoms with E-state index in [2.05, 4.69) is 11.8 Å². The average molecular weight is 215 g/mol. The van der Waals surface area contributed by atoms with Crippen molar-refractivity contribution < 1.29 is 4.74 Å². The average Bonchev–Trinajstić information content (AvgIpc) is 2.14. The van der Waals surface area contributed by atoms with Gasteiger partial charge < -0.3 is 4.74 Å². The molecule has 1 aromatic carbocycles. The van der Waals surface area contributed by atoms with Crippen LogP contribution in [0.25, 0.3) is 0 Å². The van der Waals surface area contributed by atoms with Crippen molar-refractivity contribution in [2.75, 3.05) is 13.0 Å². The lowest BCUT2D eigenvalue weighted by atomic mass is 10.2. The van der Waals surface area contributed by atoms with E-state index < -0.39 is 0 Å². The normalized spacial score (nSPS) is 8.85. The summed E-state index contributed by atoms with van der Waals surface area (Å²) >= 11 is 11.3. The molecule has 0 amide bonds. The second kappa shape index (κ2) is 5.01. The van der Waals surface area contributed by atoms with Gasteiger partial charge in [0.25, 0.3) is 0 Å². The number of halogens is 2. The molecule has 0 radical (unpaired) electrons. The van der Waals surface area contributed by atoms with Gasteiger partial charge in [-0.15, -0.1) is 11.6 Å². The Kier molecular flexibility index (Phi) is 3.95. The molecule has 13 heavy (non-hydrogen) atoms. The Morgan fingerprint density at radius 3 is 2.77 bits per heavy atom. The van der Waals surface area contributed by atoms with Crippen molar-refractivity contribution >= 4 is 23.2 Å². The number of ether oxygens (including phenoxy) is 1. The van der Waals surface area contributed by atoms with E-state index in [0.717, 1.165) is 5.56 Å². The van der Waals surface area contributed by atoms with Crippen molar-refractivity contribution in [1.82, 2.24) is 0 Å². The summed E-state index contributed by atoms with van der Waals surface area (Å²) in [5.41, 5.74) is 0.810. The summed E-state index contributed by atoms with van der Waals surface area (Å²) in [4.78, 5) is 0. The first-order valence-corrected chi connectivity index (χ1v) is 4.57. The van der Waals surface area contributed by atoms with Gasteiger partial charge in [-0.3, -0.25) is 0 Å². The van der Waals surface area contributed by atoms with E-state index in [9.17, 15) is 0 Å². The van der Waals surface area contributed by atoms with Crippen LogP contribution in [0.1, 0.15) is 5.56 Å². The Bertz CT molecular complexity index is 350. The summed E-state index contributed by atoms with van der Waals surface area (Å²) in [6.45, 7) is 0. The van der Waals surface area contributed by atoms with Crippen molar-refractivity contribution in [3.63, 3.8) is 0 Å². The lowest BCUT2D eigenvalue weighted by Gasteiger charge is -2.00. The van der Waals surface area contributed by atoms with Gasteiger partial charge in [-0.05, 0) is 18.2 Å². The zero-order valence-electron chi connectivity index (χ0n) is 7.10. The molecule has 0 aliphatic rings. The van der Waals surface area contributed by atoms with Gasteiger partial charge in [0.15, 0.2) is 0 Å². The molecule has 0 fully saturated rings. The molecule has 0 aromatic heterocycles. The van der Waals surface area contributed by atoms with Crippen molar-refractivity contribution in [3.8, 4) is 17.6 Å². The maximum atomic E-state index is 5.83. The van der Waals surface area contributed by atoms with Gasteiger partial charge in [0.2, 0.25) is 0 Å². The van der Waals surface area contributed by atoms with Gasteiger partial charge in [0.05, 0.1) is 13.0 Å². The topological polar surface area (TPSA) is 9.23 Å². The van der Waals surface area contributed by atoms with Crippen LogP contribution in [0.2, 0.25) is 5.02 Å². The molecule has 1 rings (SSSR count). The molecule has 0 aliphatic heterocycles. The van der Waals surface area contributed by atoms with E-state index in [4.69, 9.17) is 27.9 Å². The molecule has 0 spiro atoms. The lowest BCUT2D eigenvalue weighted by Crippen LogP contribution is -1.84. The quantitative estimate of drug-likeness (QED) is 0.517. The molecule has 0 saturated heterocycles. The van der Waals surface area contributed by atoms with Crippen LogP contribution in [0.4, 0.5) is 0 Å². The minimum Gasteiger partial charge on any atom is -0.497 e. The molecule has 68 valence electrons. The first-order chi connectivity index (χ1) is 6.26. The summed E-state index contributed by atoms with van der Waals surface area (Å²) in [6, 6.07) is 5.31. The molecule has 0 N–H and O–H groups in total. The van der Waals surface area contributed by atoms with Crippen LogP contribution in [-0.4, -0.2) is 13.0 Å². The maximum Gasteiger partial charge on any atom is 0.121 e. The monoisotopic (exact) mass is 214 g/mol. The Hall–Kier alpha value is -0.840. The maximum absolute atomic E-state index is 5.83. The van der Waals surface area contributed by atoms with Gasteiger partial charge in [0.1, 0.15) is 5.75 Å². The number of rotatable bonds is 1. The highest BCUT2D eigenvalue weighted by atomic mass is 35.5. The third-order valence-electron chi connectivity index (χ3n) is 1.41. The molecule has 3 heteroatoms. The predicted molar refractivity (Wildman–Crippen MR) is 55.6 cm³/mol. The first kappa shape index (κ1) is 10.2. The Balaban J connectivity index is 3.01. The number of methoxy groups -OCH3 is 1. The predicted octanol–water partition coefficient (Wildman–Crippen LogP) is 2.94. The van der Waals surface area contributed by atoms with Gasteiger partial charge in [-0.25, -0.2) is 0 Å². The van der Waals surface area contributed by atoms with E-state index in [0.29, 0.717) is 16.7 Å². The molecule has 0 saturated carbocycles. The molecule has 0 unspecified atom stereocenters. The smallest absolute Gasteiger partial charge is 0.121 e. The van der Waals surface area contributed by atoms with Crippen LogP contribution in [0.3, 0.4) is 0 Å². The molecule has 0 heterocycles. The van der Waals surface area contributed by atoms with Gasteiger partial charge in [-0.1, -0.05) is 23.4 Å². The molecule has 1 aromatic rings. The van der Waals surface area contributed by atoms with Gasteiger partial charge in [-0.2, -0.15) is 0 Å². The van der Waals surface area contributed by atoms with Crippen LogP contribution in [0.15, 0.2) is 18.2 Å². The van der Waals surface area contributed by atoms with E-state index in [-0.39, 0.29) is 0 Å². The first-order valence-electron chi connectivity index (χ1n) is 3.65. The Morgan fingerprint density at radius 2 is 2.15 bits per heavy atom. The second-order valence-electron chi connectivity index (χ2n) is 2.32. The minimum absolute atomic E-state index is 0.314. The standard InChI is InChI=1S/C10H8Cl2O/c1-13-10-6-8(3-2-4-11)5-9(12)7-10/h5-7H,4H2,1H3. The highest BCUT2D eigenvalue weighted by molar-refractivity contribution is 6.30. The minimum atomic E-state index is 0.314. The Labute approximate surface area is 87.6 Å². The van der Waals surface area contributed by atoms with Gasteiger partial charge >= 0.3 is 0 Å². The number of hydrogen-bond donors (Lipinski definition) is 0. The highest BCUT2D eigenvalue weighted by Crippen LogP contribution is 2.19. The van der Waals surface area contributed by atoms with Crippen molar-refractivity contribution in [1.29, 1.82) is 0 Å². The fourth-order valence-electron chi connectivity index (χ4n) is 0.888. The second-order valence-corrected chi connectivity index (χ2v) is 3.02. The number of hydrogen-bond acceptors (Lipinski definition) is 1. The zero-order valence-corrected chi connectivity index (χ0v) is 8.62. The molecule has 0 aliphatic carbocycles. The summed E-state index contributed by atoms with van der Waals surface area (Å²) in [7, 11) is 1.59. The van der Waals surface area contributed by atoms with E-state index in [1.807, 2.05) is 6.07 Å². The van der Waals surface area contributed by atoms with E-state index >= 15 is 0 Å². The third-order valence-corrected chi connectivity index (χ3v) is 1.76. The van der Waals surface area contributed by atoms with Gasteiger partial charge in [0, 0.05) is 10.6 Å². The van der Waals surface area contributed by atoms with Crippen LogP contribution < -0.4 is 4.74 Å². The van der Waals surface area contributed by atoms with E-state index in [1.165, 1.54) is 0 Å². The third kappa shape index (κ3) is 3.18. The fraction of sp³-hybridized carbons (Fsp3) is 0.200. The fourth-order valence-corrected chi connectivity index (χ4v) is 1.18. The highest BCUT2D eigenvalue weighted by Gasteiger charge is 1.96. The largest absolute Gasteiger partial charge is 0.497 e. The number of benzene rings is 1. The number of alkyl halides is 1. The molecular formula is C10H8Cl2O. The zero-order chi connectivity index (χ0) is 9.68. The summed E-state index contributed by atoms with van der Waals surface area (Å²) in [5.74, 6) is 6.62. The van der Waals surface area contributed by atoms with Crippen LogP contribution >= 0.6 is 23.2 Å². The summed E-state index contributed by atoms with van der Waals surface area (Å²) in [5, 5.41) is 0.609. The van der Waals surface area contributed by atoms with E-state index in [1.54, 1.807) is 19.2 Å². The van der Waals surface area contributed by atoms with Crippen LogP contribution in [0.5, 0.6) is 5.75 Å². The van der Waals surface area contributed by atoms with Crippen molar-refractivity contribution in [3.05, 3.63) is 28.8 Å². The lowest BCUT2D eigenvalue weighted by molar-refractivity contribution is 0.414. The van der Waals surface area contributed by atoms with Crippen molar-refractivity contribution in [2.24, 2.45) is 0 Å². The molecule has 0 bridgehead atoms. The Morgan fingerprint density at radius 1 is 1.38 bits per heavy atom. The summed E-state index contributed by atoms with van der Waals surface area (Å²) in [6.07, 6.45) is 0. The van der Waals surface area contributed by atoms with Crippen LogP contribution in [0, 0.1) is 11.8 Å². The SMILES string of the molecule is COc1cc(Cl)cc(C#CCCl)c1. The van der Waals surface area contributed by atoms with Crippen molar-refractivity contribution in [2.45, 2.75) is 0 Å².